The molecule has 0 bridgehead atoms. The molecule has 0 saturated heterocycles. The van der Waals surface area contributed by atoms with E-state index in [-0.39, 0.29) is 17.4 Å². The second kappa shape index (κ2) is 5.92. The van der Waals surface area contributed by atoms with Gasteiger partial charge < -0.3 is 15.1 Å². The smallest absolute Gasteiger partial charge is 0.331 e. The number of nitrogens with zero attached hydrogens (tertiary/aromatic N) is 3. The first kappa shape index (κ1) is 15.7. The number of carbonyl (C=O) groups is 1. The van der Waals surface area contributed by atoms with Crippen molar-refractivity contribution in [2.24, 2.45) is 10.2 Å². The zero-order valence-corrected chi connectivity index (χ0v) is 13.6. The van der Waals surface area contributed by atoms with Crippen molar-refractivity contribution in [3.8, 4) is 5.88 Å². The average molecular weight is 347 g/mol. The van der Waals surface area contributed by atoms with E-state index in [1.165, 1.54) is 0 Å². The van der Waals surface area contributed by atoms with Crippen LogP contribution in [0.15, 0.2) is 57.5 Å². The monoisotopic (exact) mass is 347 g/mol. The van der Waals surface area contributed by atoms with Crippen molar-refractivity contribution < 1.29 is 9.90 Å². The van der Waals surface area contributed by atoms with Crippen LogP contribution in [0.4, 0.5) is 5.69 Å². The summed E-state index contributed by atoms with van der Waals surface area (Å²) in [6.07, 6.45) is 0. The molecule has 0 aliphatic heterocycles. The summed E-state index contributed by atoms with van der Waals surface area (Å²) in [4.78, 5) is 33.6. The van der Waals surface area contributed by atoms with E-state index >= 15 is 0 Å². The van der Waals surface area contributed by atoms with Gasteiger partial charge in [0.1, 0.15) is 0 Å². The van der Waals surface area contributed by atoms with Crippen molar-refractivity contribution in [2.45, 2.75) is 6.92 Å². The predicted octanol–water partition coefficient (Wildman–Crippen LogP) is 3.34. The first-order chi connectivity index (χ1) is 12.5. The van der Waals surface area contributed by atoms with E-state index in [2.05, 4.69) is 25.2 Å². The quantitative estimate of drug-likeness (QED) is 0.481. The van der Waals surface area contributed by atoms with Gasteiger partial charge in [-0.3, -0.25) is 9.59 Å². The van der Waals surface area contributed by atoms with E-state index in [4.69, 9.17) is 0 Å². The molecule has 0 unspecified atom stereocenters. The molecule has 0 spiro atoms. The summed E-state index contributed by atoms with van der Waals surface area (Å²) in [5, 5.41) is 18.5. The Bertz CT molecular complexity index is 1250. The largest absolute Gasteiger partial charge is 0.493 e. The first-order valence-electron chi connectivity index (χ1n) is 7.80. The van der Waals surface area contributed by atoms with Crippen LogP contribution in [0.3, 0.4) is 0 Å². The molecular formula is C18H13N5O3. The molecular weight excluding hydrogens is 334 g/mol. The maximum atomic E-state index is 12.3. The average Bonchev–Trinajstić information content (AvgIpc) is 2.96. The number of H-pyrrole nitrogens is 2. The van der Waals surface area contributed by atoms with Gasteiger partial charge in [-0.2, -0.15) is 0 Å². The van der Waals surface area contributed by atoms with Crippen molar-refractivity contribution in [1.29, 1.82) is 0 Å². The second-order valence-corrected chi connectivity index (χ2v) is 5.76. The summed E-state index contributed by atoms with van der Waals surface area (Å²) >= 11 is 0. The van der Waals surface area contributed by atoms with Crippen LogP contribution >= 0.6 is 0 Å². The Morgan fingerprint density at radius 3 is 2.69 bits per heavy atom. The van der Waals surface area contributed by atoms with Crippen LogP contribution in [0.1, 0.15) is 16.2 Å². The van der Waals surface area contributed by atoms with E-state index < -0.39 is 11.5 Å². The fourth-order valence-electron chi connectivity index (χ4n) is 2.77. The van der Waals surface area contributed by atoms with Crippen LogP contribution in [0, 0.1) is 6.92 Å². The van der Waals surface area contributed by atoms with Crippen molar-refractivity contribution in [2.75, 3.05) is 0 Å². The summed E-state index contributed by atoms with van der Waals surface area (Å²) < 4.78 is 0. The van der Waals surface area contributed by atoms with Crippen LogP contribution < -0.4 is 5.56 Å². The molecule has 26 heavy (non-hydrogen) atoms. The number of azo groups is 1. The third kappa shape index (κ3) is 2.53. The number of hydrogen-bond acceptors (Lipinski definition) is 5. The van der Waals surface area contributed by atoms with Crippen LogP contribution in [-0.2, 0) is 0 Å². The molecule has 2 aromatic heterocycles. The molecule has 128 valence electrons. The molecule has 0 saturated carbocycles. The molecule has 8 heteroatoms. The third-order valence-electron chi connectivity index (χ3n) is 4.05. The summed E-state index contributed by atoms with van der Waals surface area (Å²) in [7, 11) is 0. The topological polar surface area (TPSA) is 124 Å². The van der Waals surface area contributed by atoms with E-state index in [0.29, 0.717) is 21.8 Å². The number of carbonyl (C=O) groups excluding carboxylic acids is 1. The summed E-state index contributed by atoms with van der Waals surface area (Å²) in [5.41, 5.74) is 1.75. The van der Waals surface area contributed by atoms with E-state index in [0.717, 1.165) is 5.56 Å². The lowest BCUT2D eigenvalue weighted by atomic mass is 10.1. The third-order valence-corrected chi connectivity index (χ3v) is 4.05. The van der Waals surface area contributed by atoms with Gasteiger partial charge in [0.2, 0.25) is 11.7 Å². The number of nitrogens with one attached hydrogen (secondary N) is 2. The number of aromatic amines is 2. The molecule has 0 aliphatic carbocycles. The van der Waals surface area contributed by atoms with Gasteiger partial charge in [0.15, 0.2) is 5.69 Å². The molecule has 0 atom stereocenters. The van der Waals surface area contributed by atoms with E-state index in [1.807, 2.05) is 19.1 Å². The Labute approximate surface area is 146 Å². The minimum Gasteiger partial charge on any atom is -0.493 e. The Kier molecular flexibility index (Phi) is 3.58. The minimum atomic E-state index is -0.811. The number of amides is 1. The Hall–Kier alpha value is -3.81. The van der Waals surface area contributed by atoms with Crippen LogP contribution in [-0.4, -0.2) is 26.0 Å². The molecule has 4 rings (SSSR count). The number of aromatic hydroxyl groups is 1. The number of hydrogen-bond donors (Lipinski definition) is 3. The van der Waals surface area contributed by atoms with Gasteiger partial charge in [-0.1, -0.05) is 30.3 Å². The fraction of sp³-hybridized carbons (Fsp3) is 0.0556. The second-order valence-electron chi connectivity index (χ2n) is 5.76. The van der Waals surface area contributed by atoms with Crippen LogP contribution in [0.2, 0.25) is 0 Å². The maximum absolute atomic E-state index is 12.3. The van der Waals surface area contributed by atoms with Gasteiger partial charge in [0, 0.05) is 5.39 Å². The van der Waals surface area contributed by atoms with Gasteiger partial charge in [-0.25, -0.2) is 4.98 Å². The zero-order valence-electron chi connectivity index (χ0n) is 13.6. The number of aromatic nitrogens is 3. The lowest BCUT2D eigenvalue weighted by molar-refractivity contribution is 0.0985. The van der Waals surface area contributed by atoms with Crippen LogP contribution in [0.25, 0.3) is 21.8 Å². The normalized spacial score (nSPS) is 11.6. The van der Waals surface area contributed by atoms with Gasteiger partial charge in [-0.05, 0) is 24.6 Å². The Morgan fingerprint density at radius 2 is 1.85 bits per heavy atom. The SMILES string of the molecule is Cc1cccc2c(N=NC(=O)c3nc4ccccc4c(=O)[nH]3)c(O)[nH]c12. The molecule has 4 aromatic rings. The number of aryl methyl sites for hydroxylation is 1. The van der Waals surface area contributed by atoms with Crippen molar-refractivity contribution >= 4 is 33.4 Å². The van der Waals surface area contributed by atoms with Crippen molar-refractivity contribution in [3.63, 3.8) is 0 Å². The molecule has 1 amide bonds. The number of fused-ring (bicyclic) bond motifs is 2. The maximum Gasteiger partial charge on any atom is 0.331 e. The summed E-state index contributed by atoms with van der Waals surface area (Å²) in [6, 6.07) is 12.1. The summed E-state index contributed by atoms with van der Waals surface area (Å²) in [6.45, 7) is 1.88. The fourth-order valence-corrected chi connectivity index (χ4v) is 2.77. The Balaban J connectivity index is 1.74. The lowest BCUT2D eigenvalue weighted by Gasteiger charge is -1.98. The van der Waals surface area contributed by atoms with E-state index in [9.17, 15) is 14.7 Å². The molecule has 0 fully saturated rings. The minimum absolute atomic E-state index is 0.153. The zero-order chi connectivity index (χ0) is 18.3. The van der Waals surface area contributed by atoms with E-state index in [1.54, 1.807) is 30.3 Å². The highest BCUT2D eigenvalue weighted by Gasteiger charge is 2.14. The van der Waals surface area contributed by atoms with Crippen LogP contribution in [0.5, 0.6) is 5.88 Å². The highest BCUT2D eigenvalue weighted by Crippen LogP contribution is 2.36. The summed E-state index contributed by atoms with van der Waals surface area (Å²) in [5.74, 6) is -1.21. The molecule has 8 nitrogen and oxygen atoms in total. The lowest BCUT2D eigenvalue weighted by Crippen LogP contribution is -2.14. The van der Waals surface area contributed by atoms with Crippen molar-refractivity contribution in [3.05, 3.63) is 64.2 Å². The molecule has 2 aromatic carbocycles. The van der Waals surface area contributed by atoms with Gasteiger partial charge in [-0.15, -0.1) is 10.2 Å². The molecule has 3 N–H and O–H groups in total. The highest BCUT2D eigenvalue weighted by molar-refractivity contribution is 5.97. The highest BCUT2D eigenvalue weighted by atomic mass is 16.3. The molecule has 0 aliphatic rings. The Morgan fingerprint density at radius 1 is 1.08 bits per heavy atom. The van der Waals surface area contributed by atoms with Gasteiger partial charge in [0.05, 0.1) is 16.4 Å². The number of para-hydroxylation sites is 2. The van der Waals surface area contributed by atoms with Crippen molar-refractivity contribution in [1.82, 2.24) is 15.0 Å². The molecule has 0 radical (unpaired) electrons. The van der Waals surface area contributed by atoms with Gasteiger partial charge >= 0.3 is 5.91 Å². The predicted molar refractivity (Wildman–Crippen MR) is 95.9 cm³/mol. The number of benzene rings is 2. The number of rotatable bonds is 2. The standard InChI is InChI=1S/C18H13N5O3/c1-9-5-4-7-11-13(9)20-17(25)14(11)22-23-18(26)15-19-12-8-3-2-6-10(12)16(24)21-15/h2-8,20,25H,1H3,(H,19,21,24). The first-order valence-corrected chi connectivity index (χ1v) is 7.80. The molecule has 2 heterocycles. The van der Waals surface area contributed by atoms with Gasteiger partial charge in [0.25, 0.3) is 5.56 Å².